The van der Waals surface area contributed by atoms with Gasteiger partial charge in [0.05, 0.1) is 5.56 Å². The number of nitrogens with one attached hydrogen (secondary N) is 1. The lowest BCUT2D eigenvalue weighted by atomic mass is 10.1. The predicted octanol–water partition coefficient (Wildman–Crippen LogP) is 6.13. The van der Waals surface area contributed by atoms with Crippen molar-refractivity contribution in [2.45, 2.75) is 33.4 Å². The maximum Gasteiger partial charge on any atom is 0.446 e. The number of halogens is 6. The second-order valence-electron chi connectivity index (χ2n) is 6.56. The van der Waals surface area contributed by atoms with Gasteiger partial charge in [0.2, 0.25) is 0 Å². The van der Waals surface area contributed by atoms with Crippen molar-refractivity contribution in [3.05, 3.63) is 71.1 Å². The minimum absolute atomic E-state index is 0.0134. The first kappa shape index (κ1) is 26.4. The predicted molar refractivity (Wildman–Crippen MR) is 109 cm³/mol. The van der Waals surface area contributed by atoms with Crippen LogP contribution in [0.1, 0.15) is 27.6 Å². The van der Waals surface area contributed by atoms with Gasteiger partial charge in [-0.1, -0.05) is 0 Å². The number of carbonyl (C=O) groups excluding carboxylic acids is 2. The number of ether oxygens (including phenoxy) is 1. The molecule has 0 unspecified atom stereocenters. The van der Waals surface area contributed by atoms with Gasteiger partial charge in [-0.05, 0) is 72.1 Å². The molecule has 0 saturated carbocycles. The number of thioether (sulfide) groups is 2. The highest BCUT2D eigenvalue weighted by molar-refractivity contribution is 8.00. The van der Waals surface area contributed by atoms with Crippen LogP contribution >= 0.6 is 23.5 Å². The van der Waals surface area contributed by atoms with Gasteiger partial charge in [0.25, 0.3) is 5.91 Å². The topological polar surface area (TPSA) is 59.8 Å². The van der Waals surface area contributed by atoms with Crippen molar-refractivity contribution >= 4 is 35.4 Å². The van der Waals surface area contributed by atoms with Gasteiger partial charge in [-0.3, -0.25) is 15.0 Å². The van der Waals surface area contributed by atoms with Crippen molar-refractivity contribution < 1.29 is 40.7 Å². The van der Waals surface area contributed by atoms with E-state index in [1.165, 1.54) is 6.92 Å². The zero-order chi connectivity index (χ0) is 24.9. The molecule has 0 aromatic heterocycles. The minimum Gasteiger partial charge on any atom is -0.451 e. The highest BCUT2D eigenvalue weighted by atomic mass is 32.2. The normalized spacial score (nSPS) is 13.5. The molecule has 0 heterocycles. The SMILES string of the molecule is [C-]#[N+][C@@](C)(COC(=O)c1ccc(SC(F)(F)F)cc1)NC(=O)c1ccc(SC(F)(F)F)cc1. The maximum absolute atomic E-state index is 12.4. The summed E-state index contributed by atoms with van der Waals surface area (Å²) < 4.78 is 79.3. The Labute approximate surface area is 192 Å². The molecule has 1 atom stereocenters. The Kier molecular flexibility index (Phi) is 8.31. The summed E-state index contributed by atoms with van der Waals surface area (Å²) >= 11 is -0.689. The number of hydrogen-bond acceptors (Lipinski definition) is 5. The smallest absolute Gasteiger partial charge is 0.446 e. The van der Waals surface area contributed by atoms with Gasteiger partial charge < -0.3 is 4.74 Å². The van der Waals surface area contributed by atoms with E-state index in [1.54, 1.807) is 0 Å². The number of nitrogens with zero attached hydrogens (tertiary/aromatic N) is 1. The number of esters is 1. The van der Waals surface area contributed by atoms with Gasteiger partial charge in [0, 0.05) is 22.3 Å². The number of carbonyl (C=O) groups is 2. The molecule has 2 aromatic rings. The molecule has 176 valence electrons. The first-order chi connectivity index (χ1) is 15.2. The van der Waals surface area contributed by atoms with E-state index < -0.39 is 35.2 Å². The number of rotatable bonds is 7. The molecule has 0 saturated heterocycles. The molecule has 2 aromatic carbocycles. The summed E-state index contributed by atoms with van der Waals surface area (Å²) in [5.41, 5.74) is -10.7. The van der Waals surface area contributed by atoms with Gasteiger partial charge in [0.15, 0.2) is 6.61 Å². The van der Waals surface area contributed by atoms with E-state index in [4.69, 9.17) is 11.3 Å². The number of amides is 1. The fourth-order valence-corrected chi connectivity index (χ4v) is 3.38. The van der Waals surface area contributed by atoms with Crippen LogP contribution in [0.4, 0.5) is 26.3 Å². The van der Waals surface area contributed by atoms with E-state index in [2.05, 4.69) is 10.2 Å². The van der Waals surface area contributed by atoms with Crippen molar-refractivity contribution in [2.75, 3.05) is 6.61 Å². The van der Waals surface area contributed by atoms with Crippen molar-refractivity contribution in [2.24, 2.45) is 0 Å². The molecule has 0 aliphatic rings. The lowest BCUT2D eigenvalue weighted by Crippen LogP contribution is -2.47. The van der Waals surface area contributed by atoms with Crippen LogP contribution in [-0.2, 0) is 4.74 Å². The van der Waals surface area contributed by atoms with Crippen LogP contribution < -0.4 is 5.32 Å². The molecule has 0 radical (unpaired) electrons. The Hall–Kier alpha value is -2.85. The Bertz CT molecular complexity index is 1030. The van der Waals surface area contributed by atoms with E-state index in [0.717, 1.165) is 48.5 Å². The number of hydrogen-bond donors (Lipinski definition) is 1. The van der Waals surface area contributed by atoms with Crippen LogP contribution in [0.5, 0.6) is 0 Å². The molecule has 0 aliphatic carbocycles. The van der Waals surface area contributed by atoms with Crippen LogP contribution in [0.2, 0.25) is 0 Å². The van der Waals surface area contributed by atoms with Crippen molar-refractivity contribution in [1.82, 2.24) is 5.32 Å². The summed E-state index contributed by atoms with van der Waals surface area (Å²) in [5.74, 6) is -1.70. The molecular weight excluding hydrogens is 494 g/mol. The molecule has 5 nitrogen and oxygen atoms in total. The maximum atomic E-state index is 12.4. The first-order valence-corrected chi connectivity index (χ1v) is 10.4. The third-order valence-electron chi connectivity index (χ3n) is 3.79. The van der Waals surface area contributed by atoms with Gasteiger partial charge in [-0.25, -0.2) is 11.4 Å². The number of benzene rings is 2. The fourth-order valence-electron chi connectivity index (χ4n) is 2.30. The van der Waals surface area contributed by atoms with Crippen molar-refractivity contribution in [1.29, 1.82) is 0 Å². The zero-order valence-corrected chi connectivity index (χ0v) is 18.2. The summed E-state index contributed by atoms with van der Waals surface area (Å²) in [6, 6.07) is 8.94. The molecule has 33 heavy (non-hydrogen) atoms. The van der Waals surface area contributed by atoms with Gasteiger partial charge >= 0.3 is 22.6 Å². The van der Waals surface area contributed by atoms with E-state index in [1.807, 2.05) is 0 Å². The molecule has 1 N–H and O–H groups in total. The highest BCUT2D eigenvalue weighted by Crippen LogP contribution is 2.37. The van der Waals surface area contributed by atoms with Crippen LogP contribution in [0, 0.1) is 6.57 Å². The average molecular weight is 508 g/mol. The Balaban J connectivity index is 1.97. The molecule has 0 bridgehead atoms. The quantitative estimate of drug-likeness (QED) is 0.211. The molecule has 0 aliphatic heterocycles. The second kappa shape index (κ2) is 10.4. The second-order valence-corrected chi connectivity index (χ2v) is 8.84. The van der Waals surface area contributed by atoms with Crippen molar-refractivity contribution in [3.63, 3.8) is 0 Å². The third-order valence-corrected chi connectivity index (χ3v) is 5.27. The number of alkyl halides is 6. The van der Waals surface area contributed by atoms with E-state index in [0.29, 0.717) is 0 Å². The Morgan fingerprint density at radius 1 is 0.879 bits per heavy atom. The van der Waals surface area contributed by atoms with E-state index in [9.17, 15) is 35.9 Å². The third kappa shape index (κ3) is 8.89. The van der Waals surface area contributed by atoms with Gasteiger partial charge in [-0.2, -0.15) is 26.3 Å². The van der Waals surface area contributed by atoms with Gasteiger partial charge in [-0.15, -0.1) is 0 Å². The fraction of sp³-hybridized carbons (Fsp3) is 0.250. The zero-order valence-electron chi connectivity index (χ0n) is 16.6. The molecular formula is C20H14F6N2O3S2. The first-order valence-electron chi connectivity index (χ1n) is 8.79. The standard InChI is InChI=1S/C20H14F6N2O3S2/c1-18(27-2,28-16(29)12-3-7-14(8-4-12)32-19(21,22)23)11-31-17(30)13-5-9-15(10-6-13)33-20(24,25)26/h3-10H,11H2,1H3,(H,28,29)/t18-/m1/s1. The van der Waals surface area contributed by atoms with Crippen molar-refractivity contribution in [3.8, 4) is 0 Å². The Morgan fingerprint density at radius 3 is 1.70 bits per heavy atom. The highest BCUT2D eigenvalue weighted by Gasteiger charge is 2.35. The van der Waals surface area contributed by atoms with Crippen LogP contribution in [0.3, 0.4) is 0 Å². The monoisotopic (exact) mass is 508 g/mol. The minimum atomic E-state index is -4.48. The average Bonchev–Trinajstić information content (AvgIpc) is 2.71. The van der Waals surface area contributed by atoms with Crippen LogP contribution in [0.15, 0.2) is 58.3 Å². The Morgan fingerprint density at radius 2 is 1.30 bits per heavy atom. The summed E-state index contributed by atoms with van der Waals surface area (Å²) in [7, 11) is 0. The van der Waals surface area contributed by atoms with Crippen LogP contribution in [0.25, 0.3) is 4.85 Å². The largest absolute Gasteiger partial charge is 0.451 e. The molecule has 0 fully saturated rings. The van der Waals surface area contributed by atoms with Gasteiger partial charge in [0.1, 0.15) is 0 Å². The molecule has 13 heteroatoms. The summed E-state index contributed by atoms with van der Waals surface area (Å²) in [6.07, 6.45) is 0. The lowest BCUT2D eigenvalue weighted by molar-refractivity contribution is -0.0337. The lowest BCUT2D eigenvalue weighted by Gasteiger charge is -2.19. The summed E-state index contributed by atoms with van der Waals surface area (Å²) in [4.78, 5) is 27.5. The molecule has 0 spiro atoms. The van der Waals surface area contributed by atoms with E-state index in [-0.39, 0.29) is 44.4 Å². The summed E-state index contributed by atoms with van der Waals surface area (Å²) in [5, 5.41) is 2.34. The molecule has 1 amide bonds. The van der Waals surface area contributed by atoms with E-state index >= 15 is 0 Å². The molecule has 2 rings (SSSR count). The van der Waals surface area contributed by atoms with Crippen LogP contribution in [-0.4, -0.2) is 35.2 Å². The summed E-state index contributed by atoms with van der Waals surface area (Å²) in [6.45, 7) is 7.97.